The van der Waals surface area contributed by atoms with E-state index in [2.05, 4.69) is 0 Å². The number of fused-ring (bicyclic) bond motifs is 1. The van der Waals surface area contributed by atoms with Gasteiger partial charge in [0.05, 0.1) is 53.7 Å². The van der Waals surface area contributed by atoms with Crippen LogP contribution in [0.3, 0.4) is 0 Å². The van der Waals surface area contributed by atoms with Gasteiger partial charge in [-0.1, -0.05) is 29.8 Å². The Labute approximate surface area is 234 Å². The van der Waals surface area contributed by atoms with Crippen LogP contribution in [0, 0.1) is 6.92 Å². The summed E-state index contributed by atoms with van der Waals surface area (Å²) < 4.78 is 34.0. The molecule has 0 spiro atoms. The fourth-order valence-corrected chi connectivity index (χ4v) is 4.90. The van der Waals surface area contributed by atoms with Gasteiger partial charge < -0.3 is 33.3 Å². The highest BCUT2D eigenvalue weighted by molar-refractivity contribution is 6.00. The molecule has 1 amide bonds. The molecule has 0 aliphatic carbocycles. The Kier molecular flexibility index (Phi) is 9.16. The number of hydrogen-bond donors (Lipinski definition) is 0. The van der Waals surface area contributed by atoms with Gasteiger partial charge in [-0.2, -0.15) is 0 Å². The zero-order valence-electron chi connectivity index (χ0n) is 23.7. The molecule has 0 unspecified atom stereocenters. The van der Waals surface area contributed by atoms with Gasteiger partial charge in [-0.3, -0.25) is 9.59 Å². The second-order valence-corrected chi connectivity index (χ2v) is 9.26. The minimum atomic E-state index is -1.13. The Balaban J connectivity index is 1.90. The van der Waals surface area contributed by atoms with Gasteiger partial charge in [0.2, 0.25) is 0 Å². The number of amides is 1. The number of carbonyl (C=O) groups is 2. The summed E-state index contributed by atoms with van der Waals surface area (Å²) in [5.41, 5.74) is 3.80. The number of aryl methyl sites for hydroxylation is 1. The van der Waals surface area contributed by atoms with Crippen LogP contribution in [-0.2, 0) is 25.6 Å². The van der Waals surface area contributed by atoms with Crippen LogP contribution in [0.15, 0.2) is 54.6 Å². The topological polar surface area (TPSA) is 92.8 Å². The van der Waals surface area contributed by atoms with E-state index in [0.717, 1.165) is 16.7 Å². The highest BCUT2D eigenvalue weighted by atomic mass is 16.5. The molecule has 0 fully saturated rings. The number of methoxy groups -OCH3 is 4. The zero-order valence-corrected chi connectivity index (χ0v) is 23.7. The molecule has 4 rings (SSSR count). The van der Waals surface area contributed by atoms with Crippen molar-refractivity contribution in [2.45, 2.75) is 39.0 Å². The van der Waals surface area contributed by atoms with Crippen molar-refractivity contribution in [3.8, 4) is 23.0 Å². The molecule has 0 saturated heterocycles. The molecule has 3 aromatic rings. The second kappa shape index (κ2) is 12.7. The maximum absolute atomic E-state index is 14.2. The lowest BCUT2D eigenvalue weighted by Gasteiger charge is -2.26. The molecule has 1 heterocycles. The van der Waals surface area contributed by atoms with Crippen molar-refractivity contribution in [1.82, 2.24) is 0 Å². The summed E-state index contributed by atoms with van der Waals surface area (Å²) in [6.45, 7) is 4.06. The van der Waals surface area contributed by atoms with Crippen molar-refractivity contribution < 1.29 is 38.0 Å². The van der Waals surface area contributed by atoms with Gasteiger partial charge in [-0.05, 0) is 38.1 Å². The van der Waals surface area contributed by atoms with Crippen molar-refractivity contribution in [3.05, 3.63) is 76.9 Å². The fourth-order valence-electron chi connectivity index (χ4n) is 4.90. The molecule has 9 nitrogen and oxygen atoms in total. The zero-order chi connectivity index (χ0) is 28.8. The van der Waals surface area contributed by atoms with Crippen LogP contribution in [0.2, 0.25) is 0 Å². The Morgan fingerprint density at radius 2 is 1.68 bits per heavy atom. The van der Waals surface area contributed by atoms with E-state index in [1.165, 1.54) is 0 Å². The third-order valence-electron chi connectivity index (χ3n) is 6.79. The first-order chi connectivity index (χ1) is 19.3. The van der Waals surface area contributed by atoms with Crippen molar-refractivity contribution in [2.75, 3.05) is 39.9 Å². The molecule has 9 heteroatoms. The minimum absolute atomic E-state index is 0.173. The van der Waals surface area contributed by atoms with Crippen molar-refractivity contribution >= 4 is 17.6 Å². The van der Waals surface area contributed by atoms with Crippen molar-refractivity contribution in [3.63, 3.8) is 0 Å². The van der Waals surface area contributed by atoms with Crippen molar-refractivity contribution in [2.24, 2.45) is 0 Å². The van der Waals surface area contributed by atoms with E-state index >= 15 is 0 Å². The quantitative estimate of drug-likeness (QED) is 0.326. The van der Waals surface area contributed by atoms with E-state index < -0.39 is 18.2 Å². The molecule has 0 saturated carbocycles. The van der Waals surface area contributed by atoms with Crippen LogP contribution in [0.1, 0.15) is 41.7 Å². The third kappa shape index (κ3) is 5.84. The number of para-hydroxylation sites is 1. The maximum Gasteiger partial charge on any atom is 0.308 e. The summed E-state index contributed by atoms with van der Waals surface area (Å²) in [5, 5.41) is 0. The van der Waals surface area contributed by atoms with Gasteiger partial charge >= 0.3 is 5.97 Å². The highest BCUT2D eigenvalue weighted by Crippen LogP contribution is 2.45. The second-order valence-electron chi connectivity index (χ2n) is 9.26. The molecule has 0 aromatic heterocycles. The van der Waals surface area contributed by atoms with Crippen LogP contribution < -0.4 is 23.8 Å². The monoisotopic (exact) mass is 549 g/mol. The van der Waals surface area contributed by atoms with E-state index in [1.54, 1.807) is 52.4 Å². The molecular weight excluding hydrogens is 514 g/mol. The van der Waals surface area contributed by atoms with E-state index in [1.807, 2.05) is 49.4 Å². The van der Waals surface area contributed by atoms with E-state index in [0.29, 0.717) is 34.2 Å². The number of ether oxygens (including phenoxy) is 6. The first-order valence-corrected chi connectivity index (χ1v) is 13.0. The van der Waals surface area contributed by atoms with Gasteiger partial charge in [0.15, 0.2) is 11.5 Å². The van der Waals surface area contributed by atoms with E-state index in [4.69, 9.17) is 28.4 Å². The summed E-state index contributed by atoms with van der Waals surface area (Å²) in [7, 11) is 6.26. The van der Waals surface area contributed by atoms with Crippen LogP contribution in [0.4, 0.5) is 5.69 Å². The largest absolute Gasteiger partial charge is 0.497 e. The number of hydrogen-bond acceptors (Lipinski definition) is 8. The van der Waals surface area contributed by atoms with Gasteiger partial charge in [-0.25, -0.2) is 0 Å². The average molecular weight is 550 g/mol. The molecule has 2 atom stereocenters. The Morgan fingerprint density at radius 1 is 0.900 bits per heavy atom. The van der Waals surface area contributed by atoms with Crippen LogP contribution >= 0.6 is 0 Å². The number of rotatable bonds is 10. The number of esters is 1. The number of benzene rings is 3. The molecule has 0 radical (unpaired) electrons. The average Bonchev–Trinajstić information content (AvgIpc) is 3.07. The number of anilines is 1. The van der Waals surface area contributed by atoms with Crippen LogP contribution in [0.25, 0.3) is 0 Å². The lowest BCUT2D eigenvalue weighted by atomic mass is 9.96. The lowest BCUT2D eigenvalue weighted by Crippen LogP contribution is -2.40. The molecular formula is C31H35NO8. The molecule has 40 heavy (non-hydrogen) atoms. The predicted molar refractivity (Wildman–Crippen MR) is 149 cm³/mol. The summed E-state index contributed by atoms with van der Waals surface area (Å²) in [5.74, 6) is 1.30. The molecule has 212 valence electrons. The first kappa shape index (κ1) is 28.8. The minimum Gasteiger partial charge on any atom is -0.497 e. The van der Waals surface area contributed by atoms with Crippen molar-refractivity contribution in [1.29, 1.82) is 0 Å². The molecule has 3 aromatic carbocycles. The summed E-state index contributed by atoms with van der Waals surface area (Å²) in [4.78, 5) is 28.5. The Morgan fingerprint density at radius 3 is 2.35 bits per heavy atom. The number of carbonyl (C=O) groups excluding carboxylic acids is 2. The smallest absolute Gasteiger partial charge is 0.308 e. The van der Waals surface area contributed by atoms with Gasteiger partial charge in [0, 0.05) is 22.8 Å². The van der Waals surface area contributed by atoms with Gasteiger partial charge in [0.1, 0.15) is 23.7 Å². The molecule has 0 bridgehead atoms. The molecule has 1 aliphatic rings. The third-order valence-corrected chi connectivity index (χ3v) is 6.79. The summed E-state index contributed by atoms with van der Waals surface area (Å²) in [6.07, 6.45) is -2.12. The molecule has 1 aliphatic heterocycles. The van der Waals surface area contributed by atoms with Crippen LogP contribution in [0.5, 0.6) is 23.0 Å². The Bertz CT molecular complexity index is 1370. The standard InChI is InChI=1S/C31H35NO8/c1-7-39-28(33)17-27-31(34)32(18-20-12-13-21(35-3)16-26(20)37-5)24-14-11-19(2)15-23(24)29(40-27)22-9-8-10-25(36-4)30(22)38-6/h8-16,27,29H,7,17-18H2,1-6H3/t27-,29-/m1/s1. The van der Waals surface area contributed by atoms with Gasteiger partial charge in [-0.15, -0.1) is 0 Å². The normalized spacial score (nSPS) is 16.6. The lowest BCUT2D eigenvalue weighted by molar-refractivity contribution is -0.151. The Hall–Kier alpha value is -4.24. The van der Waals surface area contributed by atoms with Gasteiger partial charge in [0.25, 0.3) is 5.91 Å². The summed E-state index contributed by atoms with van der Waals surface area (Å²) in [6, 6.07) is 16.8. The molecule has 0 N–H and O–H groups in total. The van der Waals surface area contributed by atoms with Crippen LogP contribution in [-0.4, -0.2) is 53.0 Å². The van der Waals surface area contributed by atoms with E-state index in [-0.39, 0.29) is 25.5 Å². The predicted octanol–water partition coefficient (Wildman–Crippen LogP) is 5.00. The fraction of sp³-hybridized carbons (Fsp3) is 0.355. The highest BCUT2D eigenvalue weighted by Gasteiger charge is 2.39. The maximum atomic E-state index is 14.2. The SMILES string of the molecule is CCOC(=O)C[C@H]1O[C@H](c2cccc(OC)c2OC)c2cc(C)ccc2N(Cc2ccc(OC)cc2OC)C1=O. The van der Waals surface area contributed by atoms with E-state index in [9.17, 15) is 9.59 Å². The first-order valence-electron chi connectivity index (χ1n) is 13.0. The summed E-state index contributed by atoms with van der Waals surface area (Å²) >= 11 is 0. The number of nitrogens with zero attached hydrogens (tertiary/aromatic N) is 1.